The second kappa shape index (κ2) is 3.98. The van der Waals surface area contributed by atoms with E-state index in [0.717, 1.165) is 4.47 Å². The molecule has 0 saturated carbocycles. The zero-order valence-corrected chi connectivity index (χ0v) is 11.6. The van der Waals surface area contributed by atoms with E-state index in [1.807, 2.05) is 12.1 Å². The van der Waals surface area contributed by atoms with Crippen LogP contribution in [-0.4, -0.2) is 16.7 Å². The van der Waals surface area contributed by atoms with Gasteiger partial charge in [0.2, 0.25) is 0 Å². The largest absolute Gasteiger partial charge is 0.366 e. The number of anilines is 1. The smallest absolute Gasteiger partial charge is 0.254 e. The Morgan fingerprint density at radius 3 is 2.25 bits per heavy atom. The summed E-state index contributed by atoms with van der Waals surface area (Å²) in [7, 11) is 0. The van der Waals surface area contributed by atoms with Crippen molar-refractivity contribution in [1.82, 2.24) is 0 Å². The summed E-state index contributed by atoms with van der Waals surface area (Å²) in [6.07, 6.45) is 1.38. The summed E-state index contributed by atoms with van der Waals surface area (Å²) in [6.45, 7) is 1.57. The van der Waals surface area contributed by atoms with Gasteiger partial charge >= 0.3 is 0 Å². The summed E-state index contributed by atoms with van der Waals surface area (Å²) < 4.78 is 1.39. The van der Waals surface area contributed by atoms with Gasteiger partial charge in [-0.2, -0.15) is 0 Å². The maximum Gasteiger partial charge on any atom is 0.254 e. The molecule has 84 valence electrons. The van der Waals surface area contributed by atoms with Crippen LogP contribution in [0.1, 0.15) is 6.92 Å². The van der Waals surface area contributed by atoms with Gasteiger partial charge < -0.3 is 5.11 Å². The molecule has 0 spiro atoms. The first kappa shape index (κ1) is 11.8. The molecule has 0 saturated heterocycles. The fraction of sp³-hybridized carbons (Fsp3) is 0.182. The van der Waals surface area contributed by atoms with E-state index in [1.165, 1.54) is 11.0 Å². The fourth-order valence-corrected chi connectivity index (χ4v) is 2.24. The lowest BCUT2D eigenvalue weighted by atomic mass is 10.2. The SMILES string of the molecule is C[C@]1(O)C(Br)=CC(=O)N1c1ccc(Br)cc1. The van der Waals surface area contributed by atoms with Crippen LogP contribution < -0.4 is 4.90 Å². The van der Waals surface area contributed by atoms with Gasteiger partial charge in [-0.3, -0.25) is 9.69 Å². The predicted octanol–water partition coefficient (Wildman–Crippen LogP) is 2.78. The molecule has 0 unspecified atom stereocenters. The summed E-state index contributed by atoms with van der Waals surface area (Å²) in [5.74, 6) is -0.237. The van der Waals surface area contributed by atoms with Gasteiger partial charge in [0.05, 0.1) is 4.48 Å². The van der Waals surface area contributed by atoms with Crippen LogP contribution in [0.4, 0.5) is 5.69 Å². The van der Waals surface area contributed by atoms with Gasteiger partial charge in [0.1, 0.15) is 0 Å². The molecule has 0 radical (unpaired) electrons. The van der Waals surface area contributed by atoms with Crippen LogP contribution in [0.3, 0.4) is 0 Å². The number of hydrogen-bond acceptors (Lipinski definition) is 2. The Kier molecular flexibility index (Phi) is 2.94. The van der Waals surface area contributed by atoms with Crippen molar-refractivity contribution in [1.29, 1.82) is 0 Å². The Morgan fingerprint density at radius 1 is 1.25 bits per heavy atom. The van der Waals surface area contributed by atoms with Crippen molar-refractivity contribution in [3.63, 3.8) is 0 Å². The zero-order valence-electron chi connectivity index (χ0n) is 8.45. The van der Waals surface area contributed by atoms with Crippen molar-refractivity contribution in [3.05, 3.63) is 39.3 Å². The fourth-order valence-electron chi connectivity index (χ4n) is 1.60. The molecule has 0 aliphatic carbocycles. The first-order chi connectivity index (χ1) is 7.43. The average Bonchev–Trinajstić information content (AvgIpc) is 2.39. The molecule has 3 nitrogen and oxygen atoms in total. The number of carbonyl (C=O) groups is 1. The van der Waals surface area contributed by atoms with E-state index in [4.69, 9.17) is 0 Å². The normalized spacial score (nSPS) is 24.9. The molecule has 1 aromatic rings. The highest BCUT2D eigenvalue weighted by Gasteiger charge is 2.41. The van der Waals surface area contributed by atoms with E-state index in [9.17, 15) is 9.90 Å². The van der Waals surface area contributed by atoms with Crippen LogP contribution in [0.25, 0.3) is 0 Å². The summed E-state index contributed by atoms with van der Waals surface area (Å²) in [5, 5.41) is 10.2. The van der Waals surface area contributed by atoms with Crippen molar-refractivity contribution in [2.24, 2.45) is 0 Å². The van der Waals surface area contributed by atoms with E-state index in [2.05, 4.69) is 31.9 Å². The quantitative estimate of drug-likeness (QED) is 0.849. The molecular weight excluding hydrogens is 338 g/mol. The van der Waals surface area contributed by atoms with Gasteiger partial charge in [-0.1, -0.05) is 31.9 Å². The number of rotatable bonds is 1. The molecule has 1 aliphatic rings. The highest BCUT2D eigenvalue weighted by atomic mass is 79.9. The second-order valence-electron chi connectivity index (χ2n) is 3.66. The Balaban J connectivity index is 2.43. The van der Waals surface area contributed by atoms with Gasteiger partial charge in [-0.25, -0.2) is 0 Å². The Morgan fingerprint density at radius 2 is 1.81 bits per heavy atom. The van der Waals surface area contributed by atoms with Crippen LogP contribution in [-0.2, 0) is 4.79 Å². The van der Waals surface area contributed by atoms with Crippen LogP contribution >= 0.6 is 31.9 Å². The first-order valence-electron chi connectivity index (χ1n) is 4.63. The average molecular weight is 347 g/mol. The number of halogens is 2. The number of aliphatic hydroxyl groups is 1. The summed E-state index contributed by atoms with van der Waals surface area (Å²) in [4.78, 5) is 13.1. The molecule has 5 heteroatoms. The molecule has 0 fully saturated rings. The van der Waals surface area contributed by atoms with Crippen molar-refractivity contribution in [2.45, 2.75) is 12.6 Å². The number of amides is 1. The minimum absolute atomic E-state index is 0.237. The molecule has 1 atom stereocenters. The van der Waals surface area contributed by atoms with Crippen molar-refractivity contribution in [3.8, 4) is 0 Å². The highest BCUT2D eigenvalue weighted by molar-refractivity contribution is 9.11. The molecule has 1 aliphatic heterocycles. The Labute approximate surface area is 110 Å². The van der Waals surface area contributed by atoms with Crippen LogP contribution in [0.2, 0.25) is 0 Å². The van der Waals surface area contributed by atoms with E-state index in [1.54, 1.807) is 19.1 Å². The third kappa shape index (κ3) is 1.83. The van der Waals surface area contributed by atoms with Gasteiger partial charge in [-0.15, -0.1) is 0 Å². The molecule has 0 aromatic heterocycles. The minimum atomic E-state index is -1.31. The third-order valence-electron chi connectivity index (χ3n) is 2.44. The highest BCUT2D eigenvalue weighted by Crippen LogP contribution is 2.36. The standard InChI is InChI=1S/C11H9Br2NO2/c1-11(16)9(13)6-10(15)14(11)8-4-2-7(12)3-5-8/h2-6,16H,1H3/t11-/m0/s1. The van der Waals surface area contributed by atoms with Gasteiger partial charge in [0.15, 0.2) is 5.72 Å². The maximum atomic E-state index is 11.7. The molecule has 2 rings (SSSR count). The second-order valence-corrected chi connectivity index (χ2v) is 5.43. The number of carbonyl (C=O) groups excluding carboxylic acids is 1. The van der Waals surface area contributed by atoms with Crippen LogP contribution in [0.5, 0.6) is 0 Å². The molecule has 16 heavy (non-hydrogen) atoms. The van der Waals surface area contributed by atoms with Crippen molar-refractivity contribution >= 4 is 43.5 Å². The van der Waals surface area contributed by atoms with E-state index in [0.29, 0.717) is 10.2 Å². The maximum absolute atomic E-state index is 11.7. The van der Waals surface area contributed by atoms with Crippen molar-refractivity contribution < 1.29 is 9.90 Å². The molecule has 1 aromatic carbocycles. The van der Waals surface area contributed by atoms with Gasteiger partial charge in [-0.05, 0) is 31.2 Å². The van der Waals surface area contributed by atoms with E-state index in [-0.39, 0.29) is 5.91 Å². The number of benzene rings is 1. The zero-order chi connectivity index (χ0) is 11.9. The predicted molar refractivity (Wildman–Crippen MR) is 69.3 cm³/mol. The molecule has 1 N–H and O–H groups in total. The summed E-state index contributed by atoms with van der Waals surface area (Å²) >= 11 is 6.51. The van der Waals surface area contributed by atoms with E-state index >= 15 is 0 Å². The number of hydrogen-bond donors (Lipinski definition) is 1. The monoisotopic (exact) mass is 345 g/mol. The molecular formula is C11H9Br2NO2. The van der Waals surface area contributed by atoms with Gasteiger partial charge in [0, 0.05) is 16.2 Å². The lowest BCUT2D eigenvalue weighted by Crippen LogP contribution is -2.45. The van der Waals surface area contributed by atoms with E-state index < -0.39 is 5.72 Å². The third-order valence-corrected chi connectivity index (χ3v) is 3.95. The lowest BCUT2D eigenvalue weighted by molar-refractivity contribution is -0.115. The number of nitrogens with zero attached hydrogens (tertiary/aromatic N) is 1. The Hall–Kier alpha value is -0.650. The first-order valence-corrected chi connectivity index (χ1v) is 6.21. The minimum Gasteiger partial charge on any atom is -0.366 e. The summed E-state index contributed by atoms with van der Waals surface area (Å²) in [5.41, 5.74) is -0.658. The Bertz CT molecular complexity index is 465. The molecule has 0 bridgehead atoms. The summed E-state index contributed by atoms with van der Waals surface area (Å²) in [6, 6.07) is 7.20. The van der Waals surface area contributed by atoms with Crippen LogP contribution in [0.15, 0.2) is 39.3 Å². The molecule has 1 amide bonds. The van der Waals surface area contributed by atoms with Crippen molar-refractivity contribution in [2.75, 3.05) is 4.90 Å². The van der Waals surface area contributed by atoms with Crippen LogP contribution in [0, 0.1) is 0 Å². The lowest BCUT2D eigenvalue weighted by Gasteiger charge is -2.31. The van der Waals surface area contributed by atoms with Gasteiger partial charge in [0.25, 0.3) is 5.91 Å². The molecule has 1 heterocycles. The topological polar surface area (TPSA) is 40.5 Å².